The van der Waals surface area contributed by atoms with Crippen LogP contribution in [0.4, 0.5) is 0 Å². The molecule has 2 atom stereocenters. The molecule has 2 N–H and O–H groups in total. The zero-order chi connectivity index (χ0) is 10.4. The third-order valence-corrected chi connectivity index (χ3v) is 2.49. The van der Waals surface area contributed by atoms with E-state index in [1.807, 2.05) is 0 Å². The summed E-state index contributed by atoms with van der Waals surface area (Å²) in [5.41, 5.74) is 0. The van der Waals surface area contributed by atoms with Crippen molar-refractivity contribution in [3.8, 4) is 0 Å². The van der Waals surface area contributed by atoms with Crippen molar-refractivity contribution in [2.24, 2.45) is 0 Å². The minimum Gasteiger partial charge on any atom is -0.377 e. The lowest BCUT2D eigenvalue weighted by molar-refractivity contribution is -0.118. The first-order valence-corrected chi connectivity index (χ1v) is 5.29. The van der Waals surface area contributed by atoms with Gasteiger partial charge in [-0.1, -0.05) is 0 Å². The number of hydrogen-bond donors (Lipinski definition) is 2. The van der Waals surface area contributed by atoms with E-state index in [1.54, 1.807) is 0 Å². The van der Waals surface area contributed by atoms with Gasteiger partial charge in [-0.3, -0.25) is 4.79 Å². The molecule has 1 saturated heterocycles. The molecule has 1 aliphatic heterocycles. The normalized spacial score (nSPS) is 23.4. The van der Waals surface area contributed by atoms with E-state index in [1.165, 1.54) is 13.3 Å². The zero-order valence-electron chi connectivity index (χ0n) is 9.01. The predicted octanol–water partition coefficient (Wildman–Crippen LogP) is 0.280. The van der Waals surface area contributed by atoms with Crippen LogP contribution in [0.25, 0.3) is 0 Å². The van der Waals surface area contributed by atoms with Crippen molar-refractivity contribution < 1.29 is 9.53 Å². The molecule has 1 aliphatic rings. The van der Waals surface area contributed by atoms with Gasteiger partial charge in [-0.05, 0) is 19.8 Å². The summed E-state index contributed by atoms with van der Waals surface area (Å²) in [5.74, 6) is 0.0246. The summed E-state index contributed by atoms with van der Waals surface area (Å²) in [5, 5.41) is 6.09. The van der Waals surface area contributed by atoms with Crippen molar-refractivity contribution in [3.05, 3.63) is 0 Å². The second kappa shape index (κ2) is 5.98. The van der Waals surface area contributed by atoms with Gasteiger partial charge in [-0.2, -0.15) is 0 Å². The minimum absolute atomic E-state index is 0.0246. The number of nitrogens with one attached hydrogen (secondary N) is 2. The lowest BCUT2D eigenvalue weighted by Gasteiger charge is -2.19. The van der Waals surface area contributed by atoms with E-state index in [0.717, 1.165) is 19.6 Å². The smallest absolute Gasteiger partial charge is 0.216 e. The van der Waals surface area contributed by atoms with E-state index in [2.05, 4.69) is 17.6 Å². The molecule has 2 unspecified atom stereocenters. The molecule has 0 aliphatic carbocycles. The van der Waals surface area contributed by atoms with E-state index in [0.29, 0.717) is 18.7 Å². The van der Waals surface area contributed by atoms with Gasteiger partial charge in [0.25, 0.3) is 0 Å². The summed E-state index contributed by atoms with van der Waals surface area (Å²) in [6, 6.07) is 0.381. The second-order valence-electron chi connectivity index (χ2n) is 3.78. The Morgan fingerprint density at radius 3 is 2.93 bits per heavy atom. The van der Waals surface area contributed by atoms with Gasteiger partial charge in [-0.25, -0.2) is 0 Å². The van der Waals surface area contributed by atoms with E-state index >= 15 is 0 Å². The fraction of sp³-hybridized carbons (Fsp3) is 0.900. The van der Waals surface area contributed by atoms with Gasteiger partial charge >= 0.3 is 0 Å². The Balaban J connectivity index is 2.02. The Bertz CT molecular complexity index is 179. The van der Waals surface area contributed by atoms with Crippen LogP contribution in [0.5, 0.6) is 0 Å². The number of carbonyl (C=O) groups is 1. The van der Waals surface area contributed by atoms with Crippen LogP contribution in [-0.4, -0.2) is 37.7 Å². The van der Waals surface area contributed by atoms with Crippen LogP contribution in [0.1, 0.15) is 26.7 Å². The molecule has 0 aromatic carbocycles. The molecular weight excluding hydrogens is 180 g/mol. The molecule has 0 aromatic rings. The maximum absolute atomic E-state index is 10.6. The van der Waals surface area contributed by atoms with Crippen molar-refractivity contribution in [1.29, 1.82) is 0 Å². The lowest BCUT2D eigenvalue weighted by atomic mass is 10.1. The molecule has 82 valence electrons. The highest BCUT2D eigenvalue weighted by atomic mass is 16.5. The van der Waals surface area contributed by atoms with Crippen LogP contribution in [-0.2, 0) is 9.53 Å². The highest BCUT2D eigenvalue weighted by Crippen LogP contribution is 2.14. The quantitative estimate of drug-likeness (QED) is 0.627. The first-order valence-electron chi connectivity index (χ1n) is 5.29. The van der Waals surface area contributed by atoms with Gasteiger partial charge in [-0.15, -0.1) is 0 Å². The minimum atomic E-state index is 0.0246. The fourth-order valence-electron chi connectivity index (χ4n) is 1.67. The van der Waals surface area contributed by atoms with Crippen LogP contribution in [0, 0.1) is 0 Å². The molecule has 0 radical (unpaired) electrons. The Kier molecular flexibility index (Phi) is 4.90. The van der Waals surface area contributed by atoms with Gasteiger partial charge in [0.05, 0.1) is 6.10 Å². The number of ether oxygens (including phenoxy) is 1. The molecular formula is C10H20N2O2. The second-order valence-corrected chi connectivity index (χ2v) is 3.78. The number of amides is 1. The third kappa shape index (κ3) is 4.07. The van der Waals surface area contributed by atoms with Gasteiger partial charge in [0, 0.05) is 32.7 Å². The van der Waals surface area contributed by atoms with Crippen LogP contribution in [0.3, 0.4) is 0 Å². The summed E-state index contributed by atoms with van der Waals surface area (Å²) in [6.45, 7) is 6.04. The van der Waals surface area contributed by atoms with Crippen LogP contribution >= 0.6 is 0 Å². The van der Waals surface area contributed by atoms with Crippen molar-refractivity contribution in [1.82, 2.24) is 10.6 Å². The fourth-order valence-corrected chi connectivity index (χ4v) is 1.67. The number of hydrogen-bond acceptors (Lipinski definition) is 3. The highest BCUT2D eigenvalue weighted by molar-refractivity contribution is 5.72. The molecule has 0 spiro atoms. The van der Waals surface area contributed by atoms with Crippen molar-refractivity contribution in [2.45, 2.75) is 38.8 Å². The van der Waals surface area contributed by atoms with Gasteiger partial charge in [0.15, 0.2) is 0 Å². The van der Waals surface area contributed by atoms with Gasteiger partial charge in [0.2, 0.25) is 5.91 Å². The molecule has 1 amide bonds. The standard InChI is InChI=1S/C10H20N2O2/c1-8(10-4-3-7-14-10)11-5-6-12-9(2)13/h8,10-11H,3-7H2,1-2H3,(H,12,13). The maximum atomic E-state index is 10.6. The molecule has 0 bridgehead atoms. The van der Waals surface area contributed by atoms with E-state index < -0.39 is 0 Å². The largest absolute Gasteiger partial charge is 0.377 e. The molecule has 4 nitrogen and oxygen atoms in total. The van der Waals surface area contributed by atoms with Gasteiger partial charge < -0.3 is 15.4 Å². The summed E-state index contributed by atoms with van der Waals surface area (Å²) < 4.78 is 5.54. The van der Waals surface area contributed by atoms with Crippen LogP contribution < -0.4 is 10.6 Å². The summed E-state index contributed by atoms with van der Waals surface area (Å²) >= 11 is 0. The predicted molar refractivity (Wildman–Crippen MR) is 55.1 cm³/mol. The number of rotatable bonds is 5. The number of carbonyl (C=O) groups excluding carboxylic acids is 1. The topological polar surface area (TPSA) is 50.4 Å². The molecule has 0 aromatic heterocycles. The Morgan fingerprint density at radius 2 is 2.36 bits per heavy atom. The molecule has 0 saturated carbocycles. The van der Waals surface area contributed by atoms with Crippen LogP contribution in [0.2, 0.25) is 0 Å². The van der Waals surface area contributed by atoms with Crippen LogP contribution in [0.15, 0.2) is 0 Å². The van der Waals surface area contributed by atoms with E-state index in [9.17, 15) is 4.79 Å². The van der Waals surface area contributed by atoms with E-state index in [-0.39, 0.29) is 5.91 Å². The monoisotopic (exact) mass is 200 g/mol. The average Bonchev–Trinajstić information content (AvgIpc) is 2.64. The summed E-state index contributed by atoms with van der Waals surface area (Å²) in [4.78, 5) is 10.6. The SMILES string of the molecule is CC(=O)NCCNC(C)C1CCCO1. The van der Waals surface area contributed by atoms with E-state index in [4.69, 9.17) is 4.74 Å². The molecule has 4 heteroatoms. The molecule has 1 rings (SSSR count). The highest BCUT2D eigenvalue weighted by Gasteiger charge is 2.21. The van der Waals surface area contributed by atoms with Crippen molar-refractivity contribution in [3.63, 3.8) is 0 Å². The Labute approximate surface area is 85.4 Å². The summed E-state index contributed by atoms with van der Waals surface area (Å²) in [7, 11) is 0. The molecule has 14 heavy (non-hydrogen) atoms. The Morgan fingerprint density at radius 1 is 1.57 bits per heavy atom. The van der Waals surface area contributed by atoms with Gasteiger partial charge in [0.1, 0.15) is 0 Å². The first kappa shape index (κ1) is 11.5. The molecule has 1 fully saturated rings. The average molecular weight is 200 g/mol. The lowest BCUT2D eigenvalue weighted by Crippen LogP contribution is -2.41. The Hall–Kier alpha value is -0.610. The van der Waals surface area contributed by atoms with Crippen molar-refractivity contribution in [2.75, 3.05) is 19.7 Å². The van der Waals surface area contributed by atoms with Crippen molar-refractivity contribution >= 4 is 5.91 Å². The molecule has 1 heterocycles. The third-order valence-electron chi connectivity index (χ3n) is 2.49. The zero-order valence-corrected chi connectivity index (χ0v) is 9.01. The first-order chi connectivity index (χ1) is 6.70. The summed E-state index contributed by atoms with van der Waals surface area (Å²) in [6.07, 6.45) is 2.67. The maximum Gasteiger partial charge on any atom is 0.216 e.